The van der Waals surface area contributed by atoms with Gasteiger partial charge in [0.1, 0.15) is 0 Å². The maximum atomic E-state index is 11.8. The molecule has 0 atom stereocenters. The summed E-state index contributed by atoms with van der Waals surface area (Å²) in [4.78, 5) is 16.0. The lowest BCUT2D eigenvalue weighted by molar-refractivity contribution is -0.128. The third-order valence-electron chi connectivity index (χ3n) is 7.03. The smallest absolute Gasteiger partial charge is 0.236 e. The van der Waals surface area contributed by atoms with E-state index in [9.17, 15) is 4.79 Å². The molecule has 4 rings (SSSR count). The van der Waals surface area contributed by atoms with Crippen molar-refractivity contribution in [1.82, 2.24) is 9.80 Å². The van der Waals surface area contributed by atoms with Crippen molar-refractivity contribution in [3.63, 3.8) is 0 Å². The van der Waals surface area contributed by atoms with Gasteiger partial charge in [0, 0.05) is 20.1 Å². The van der Waals surface area contributed by atoms with E-state index < -0.39 is 0 Å². The van der Waals surface area contributed by atoms with Crippen molar-refractivity contribution in [2.24, 2.45) is 11.7 Å². The van der Waals surface area contributed by atoms with Crippen LogP contribution >= 0.6 is 0 Å². The molecule has 0 spiro atoms. The number of likely N-dealkylation sites (N-methyl/N-ethyl adjacent to an activating group) is 1. The maximum absolute atomic E-state index is 11.8. The van der Waals surface area contributed by atoms with Crippen LogP contribution in [0.15, 0.2) is 78.9 Å². The summed E-state index contributed by atoms with van der Waals surface area (Å²) in [5, 5.41) is 0. The Hall–Kier alpha value is -2.95. The van der Waals surface area contributed by atoms with Crippen LogP contribution in [-0.4, -0.2) is 42.4 Å². The number of nitrogens with two attached hydrogens (primary N) is 1. The third kappa shape index (κ3) is 6.78. The van der Waals surface area contributed by atoms with Gasteiger partial charge in [-0.05, 0) is 78.6 Å². The second-order valence-electron chi connectivity index (χ2n) is 9.60. The monoisotopic (exact) mass is 455 g/mol. The summed E-state index contributed by atoms with van der Waals surface area (Å²) >= 11 is 0. The van der Waals surface area contributed by atoms with E-state index in [0.29, 0.717) is 6.54 Å². The van der Waals surface area contributed by atoms with Crippen LogP contribution < -0.4 is 5.73 Å². The summed E-state index contributed by atoms with van der Waals surface area (Å²) in [6.45, 7) is 4.12. The molecule has 178 valence electrons. The molecule has 34 heavy (non-hydrogen) atoms. The van der Waals surface area contributed by atoms with Crippen LogP contribution in [0.25, 0.3) is 11.1 Å². The SMILES string of the molecule is CN(Cc1cccc(-c2ccc(CCC3CCN(Cc4ccccc4)CC3)cc2)c1)C(=O)CN. The van der Waals surface area contributed by atoms with Gasteiger partial charge in [0.25, 0.3) is 0 Å². The lowest BCUT2D eigenvalue weighted by Crippen LogP contribution is -2.33. The van der Waals surface area contributed by atoms with Gasteiger partial charge in [-0.25, -0.2) is 0 Å². The highest BCUT2D eigenvalue weighted by molar-refractivity contribution is 5.77. The fourth-order valence-electron chi connectivity index (χ4n) is 4.88. The van der Waals surface area contributed by atoms with Gasteiger partial charge >= 0.3 is 0 Å². The molecule has 0 radical (unpaired) electrons. The molecule has 4 nitrogen and oxygen atoms in total. The van der Waals surface area contributed by atoms with E-state index in [1.54, 1.807) is 11.9 Å². The van der Waals surface area contributed by atoms with Crippen LogP contribution in [0, 0.1) is 5.92 Å². The Morgan fingerprint density at radius 2 is 1.59 bits per heavy atom. The molecule has 0 aliphatic carbocycles. The minimum Gasteiger partial charge on any atom is -0.340 e. The zero-order chi connectivity index (χ0) is 23.8. The quantitative estimate of drug-likeness (QED) is 0.487. The average Bonchev–Trinajstić information content (AvgIpc) is 2.89. The zero-order valence-electron chi connectivity index (χ0n) is 20.3. The average molecular weight is 456 g/mol. The Morgan fingerprint density at radius 3 is 2.29 bits per heavy atom. The lowest BCUT2D eigenvalue weighted by atomic mass is 9.90. The summed E-state index contributed by atoms with van der Waals surface area (Å²) in [7, 11) is 1.80. The van der Waals surface area contributed by atoms with Crippen LogP contribution in [0.5, 0.6) is 0 Å². The van der Waals surface area contributed by atoms with E-state index in [1.807, 2.05) is 0 Å². The third-order valence-corrected chi connectivity index (χ3v) is 7.03. The number of likely N-dealkylation sites (tertiary alicyclic amines) is 1. The molecule has 0 saturated carbocycles. The lowest BCUT2D eigenvalue weighted by Gasteiger charge is -2.32. The minimum absolute atomic E-state index is 0.0448. The van der Waals surface area contributed by atoms with Gasteiger partial charge < -0.3 is 10.6 Å². The van der Waals surface area contributed by atoms with Crippen molar-refractivity contribution in [3.05, 3.63) is 95.6 Å². The van der Waals surface area contributed by atoms with E-state index in [1.165, 1.54) is 54.6 Å². The van der Waals surface area contributed by atoms with Crippen molar-refractivity contribution in [2.45, 2.75) is 38.8 Å². The molecule has 0 bridgehead atoms. The number of amides is 1. The van der Waals surface area contributed by atoms with Crippen molar-refractivity contribution in [2.75, 3.05) is 26.7 Å². The number of aryl methyl sites for hydroxylation is 1. The van der Waals surface area contributed by atoms with E-state index in [4.69, 9.17) is 5.73 Å². The topological polar surface area (TPSA) is 49.6 Å². The Labute approximate surface area is 204 Å². The first-order valence-electron chi connectivity index (χ1n) is 12.5. The Morgan fingerprint density at radius 1 is 0.882 bits per heavy atom. The summed E-state index contributed by atoms with van der Waals surface area (Å²) in [5.74, 6) is 0.785. The summed E-state index contributed by atoms with van der Waals surface area (Å²) in [6, 6.07) is 28.2. The van der Waals surface area contributed by atoms with E-state index in [0.717, 1.165) is 24.4 Å². The number of carbonyl (C=O) groups excluding carboxylic acids is 1. The molecule has 2 N–H and O–H groups in total. The van der Waals surface area contributed by atoms with Crippen LogP contribution in [0.3, 0.4) is 0 Å². The fraction of sp³-hybridized carbons (Fsp3) is 0.367. The molecular formula is C30H37N3O. The molecule has 1 amide bonds. The highest BCUT2D eigenvalue weighted by atomic mass is 16.2. The molecule has 1 fully saturated rings. The van der Waals surface area contributed by atoms with E-state index >= 15 is 0 Å². The first-order valence-corrected chi connectivity index (χ1v) is 12.5. The van der Waals surface area contributed by atoms with Crippen LogP contribution in [0.2, 0.25) is 0 Å². The standard InChI is InChI=1S/C30H37N3O/c1-32(30(34)21-31)22-27-8-5-9-29(20-27)28-14-12-24(13-15-28)10-11-25-16-18-33(19-17-25)23-26-6-3-2-4-7-26/h2-9,12-15,20,25H,10-11,16-19,21-23,31H2,1H3. The second-order valence-corrected chi connectivity index (χ2v) is 9.60. The van der Waals surface area contributed by atoms with Crippen molar-refractivity contribution < 1.29 is 4.79 Å². The summed E-state index contributed by atoms with van der Waals surface area (Å²) in [5.41, 5.74) is 11.8. The number of piperidine rings is 1. The van der Waals surface area contributed by atoms with Gasteiger partial charge in [-0.2, -0.15) is 0 Å². The first-order chi connectivity index (χ1) is 16.6. The minimum atomic E-state index is -0.0448. The Balaban J connectivity index is 1.25. The Bertz CT molecular complexity index is 1040. The molecule has 1 aliphatic heterocycles. The van der Waals surface area contributed by atoms with Crippen molar-refractivity contribution in [1.29, 1.82) is 0 Å². The van der Waals surface area contributed by atoms with Crippen LogP contribution in [0.1, 0.15) is 36.0 Å². The van der Waals surface area contributed by atoms with Gasteiger partial charge in [0.2, 0.25) is 5.91 Å². The maximum Gasteiger partial charge on any atom is 0.236 e. The van der Waals surface area contributed by atoms with E-state index in [-0.39, 0.29) is 12.5 Å². The number of hydrogen-bond donors (Lipinski definition) is 1. The highest BCUT2D eigenvalue weighted by Crippen LogP contribution is 2.25. The van der Waals surface area contributed by atoms with Crippen LogP contribution in [-0.2, 0) is 24.3 Å². The number of rotatable bonds is 9. The van der Waals surface area contributed by atoms with Gasteiger partial charge in [0.15, 0.2) is 0 Å². The van der Waals surface area contributed by atoms with Gasteiger partial charge in [-0.15, -0.1) is 0 Å². The molecule has 3 aromatic carbocycles. The van der Waals surface area contributed by atoms with Gasteiger partial charge in [-0.3, -0.25) is 9.69 Å². The molecule has 1 saturated heterocycles. The zero-order valence-corrected chi connectivity index (χ0v) is 20.3. The van der Waals surface area contributed by atoms with Gasteiger partial charge in [-0.1, -0.05) is 72.8 Å². The van der Waals surface area contributed by atoms with Crippen molar-refractivity contribution >= 4 is 5.91 Å². The van der Waals surface area contributed by atoms with Crippen LogP contribution in [0.4, 0.5) is 0 Å². The molecule has 0 aromatic heterocycles. The fourth-order valence-corrected chi connectivity index (χ4v) is 4.88. The molecule has 4 heteroatoms. The predicted molar refractivity (Wildman–Crippen MR) is 140 cm³/mol. The highest BCUT2D eigenvalue weighted by Gasteiger charge is 2.19. The summed E-state index contributed by atoms with van der Waals surface area (Å²) < 4.78 is 0. The summed E-state index contributed by atoms with van der Waals surface area (Å²) in [6.07, 6.45) is 5.03. The van der Waals surface area contributed by atoms with Crippen molar-refractivity contribution in [3.8, 4) is 11.1 Å². The largest absolute Gasteiger partial charge is 0.340 e. The molecule has 0 unspecified atom stereocenters. The van der Waals surface area contributed by atoms with E-state index in [2.05, 4.69) is 83.8 Å². The normalized spacial score (nSPS) is 14.8. The molecule has 1 heterocycles. The number of nitrogens with zero attached hydrogens (tertiary/aromatic N) is 2. The van der Waals surface area contributed by atoms with Gasteiger partial charge in [0.05, 0.1) is 6.54 Å². The number of benzene rings is 3. The molecular weight excluding hydrogens is 418 g/mol. The first kappa shape index (κ1) is 24.2. The Kier molecular flexibility index (Phi) is 8.51. The second kappa shape index (κ2) is 12.0. The molecule has 3 aromatic rings. The number of hydrogen-bond acceptors (Lipinski definition) is 3. The molecule has 1 aliphatic rings. The predicted octanol–water partition coefficient (Wildman–Crippen LogP) is 5.12. The number of carbonyl (C=O) groups is 1.